The first-order chi connectivity index (χ1) is 21.3. The molecular formula is C35H40N4O6. The van der Waals surface area contributed by atoms with Crippen molar-refractivity contribution in [3.63, 3.8) is 0 Å². The average Bonchev–Trinajstić information content (AvgIpc) is 3.63. The topological polar surface area (TPSA) is 161 Å². The number of carbonyl (C=O) groups is 2. The van der Waals surface area contributed by atoms with E-state index in [2.05, 4.69) is 9.97 Å². The number of allylic oxidation sites excluding steroid dienone is 3. The van der Waals surface area contributed by atoms with E-state index in [0.29, 0.717) is 46.7 Å². The van der Waals surface area contributed by atoms with Crippen LogP contribution >= 0.6 is 0 Å². The quantitative estimate of drug-likeness (QED) is 0.177. The molecule has 10 heteroatoms. The lowest BCUT2D eigenvalue weighted by molar-refractivity contribution is -0.137. The molecule has 2 aliphatic heterocycles. The summed E-state index contributed by atoms with van der Waals surface area (Å²) in [7, 11) is 1.67. The molecule has 45 heavy (non-hydrogen) atoms. The zero-order valence-electron chi connectivity index (χ0n) is 26.8. The number of ether oxygens (including phenoxy) is 1. The Bertz CT molecular complexity index is 1940. The van der Waals surface area contributed by atoms with Crippen LogP contribution in [-0.4, -0.2) is 60.4 Å². The molecule has 0 aromatic carbocycles. The predicted octanol–water partition coefficient (Wildman–Crippen LogP) is 6.76. The summed E-state index contributed by atoms with van der Waals surface area (Å²) in [6.45, 7) is 11.6. The molecule has 5 heterocycles. The summed E-state index contributed by atoms with van der Waals surface area (Å²) in [4.78, 5) is 40.2. The van der Waals surface area contributed by atoms with Crippen molar-refractivity contribution < 1.29 is 29.6 Å². The highest BCUT2D eigenvalue weighted by molar-refractivity contribution is 5.96. The van der Waals surface area contributed by atoms with Gasteiger partial charge in [0.25, 0.3) is 0 Å². The molecule has 0 radical (unpaired) electrons. The van der Waals surface area contributed by atoms with Crippen molar-refractivity contribution in [2.75, 3.05) is 7.11 Å². The molecule has 3 aromatic heterocycles. The lowest BCUT2D eigenvalue weighted by atomic mass is 9.99. The summed E-state index contributed by atoms with van der Waals surface area (Å²) >= 11 is 0. The van der Waals surface area contributed by atoms with E-state index in [0.717, 1.165) is 55.5 Å². The fourth-order valence-corrected chi connectivity index (χ4v) is 6.42. The van der Waals surface area contributed by atoms with Gasteiger partial charge in [-0.05, 0) is 112 Å². The van der Waals surface area contributed by atoms with E-state index in [1.54, 1.807) is 14.0 Å². The van der Waals surface area contributed by atoms with E-state index >= 15 is 0 Å². The van der Waals surface area contributed by atoms with Crippen LogP contribution in [0.15, 0.2) is 24.3 Å². The molecule has 0 saturated heterocycles. The van der Waals surface area contributed by atoms with Crippen LogP contribution in [0.3, 0.4) is 0 Å². The Morgan fingerprint density at radius 2 is 1.29 bits per heavy atom. The van der Waals surface area contributed by atoms with Crippen molar-refractivity contribution in [2.24, 2.45) is 0 Å². The van der Waals surface area contributed by atoms with E-state index in [1.165, 1.54) is 0 Å². The van der Waals surface area contributed by atoms with Crippen molar-refractivity contribution in [3.05, 3.63) is 69.3 Å². The van der Waals surface area contributed by atoms with Gasteiger partial charge in [-0.2, -0.15) is 0 Å². The highest BCUT2D eigenvalue weighted by Crippen LogP contribution is 2.38. The molecule has 236 valence electrons. The van der Waals surface area contributed by atoms with Crippen LogP contribution < -0.4 is 0 Å². The third-order valence-electron chi connectivity index (χ3n) is 8.99. The minimum atomic E-state index is -0.903. The maximum atomic E-state index is 11.6. The van der Waals surface area contributed by atoms with Crippen LogP contribution in [0.2, 0.25) is 0 Å². The minimum absolute atomic E-state index is 0.0517. The van der Waals surface area contributed by atoms with Crippen LogP contribution in [0.4, 0.5) is 0 Å². The summed E-state index contributed by atoms with van der Waals surface area (Å²) in [6.07, 6.45) is -0.520. The fourth-order valence-electron chi connectivity index (χ4n) is 6.42. The standard InChI is InChI=1S/C35H40N4O6/c1-16-22(8-10-32(41)42)28-15-29-23(9-11-33(43)44)17(2)25(37-29)13-30-34(20(5)40)18(3)27(38-30)14-31-35(21(6)45-7)19(4)26(39-31)12-24(16)36-28/h12-15,20-21,37,39-40H,8-11H2,1-7H3,(H,41,42)(H,43,44). The van der Waals surface area contributed by atoms with Crippen LogP contribution in [0.1, 0.15) is 98.1 Å². The molecule has 0 amide bonds. The average molecular weight is 613 g/mol. The van der Waals surface area contributed by atoms with Crippen LogP contribution in [0, 0.1) is 13.8 Å². The smallest absolute Gasteiger partial charge is 0.303 e. The summed E-state index contributed by atoms with van der Waals surface area (Å²) in [6, 6.07) is 7.74. The van der Waals surface area contributed by atoms with E-state index in [-0.39, 0.29) is 18.9 Å². The van der Waals surface area contributed by atoms with Gasteiger partial charge in [0, 0.05) is 53.2 Å². The van der Waals surface area contributed by atoms with Gasteiger partial charge in [-0.15, -0.1) is 0 Å². The minimum Gasteiger partial charge on any atom is -0.481 e. The first-order valence-electron chi connectivity index (χ1n) is 15.1. The number of nitrogens with one attached hydrogen (secondary N) is 2. The highest BCUT2D eigenvalue weighted by atomic mass is 16.5. The first-order valence-corrected chi connectivity index (χ1v) is 15.1. The second-order valence-corrected chi connectivity index (χ2v) is 11.9. The van der Waals surface area contributed by atoms with Gasteiger partial charge in [0.2, 0.25) is 0 Å². The van der Waals surface area contributed by atoms with Crippen LogP contribution in [0.5, 0.6) is 0 Å². The molecule has 0 fully saturated rings. The normalized spacial score (nSPS) is 14.7. The fraction of sp³-hybridized carbons (Fsp3) is 0.371. The Hall–Kier alpha value is -4.54. The maximum absolute atomic E-state index is 11.6. The molecule has 2 atom stereocenters. The molecule has 10 nitrogen and oxygen atoms in total. The zero-order chi connectivity index (χ0) is 32.7. The molecule has 2 aliphatic rings. The van der Waals surface area contributed by atoms with Gasteiger partial charge in [-0.3, -0.25) is 9.59 Å². The molecular weight excluding hydrogens is 572 g/mol. The van der Waals surface area contributed by atoms with Gasteiger partial charge < -0.3 is 30.0 Å². The van der Waals surface area contributed by atoms with Crippen molar-refractivity contribution in [2.45, 2.75) is 79.4 Å². The number of aliphatic hydroxyl groups is 1. The van der Waals surface area contributed by atoms with Crippen LogP contribution in [-0.2, 0) is 20.7 Å². The van der Waals surface area contributed by atoms with Gasteiger partial charge in [0.1, 0.15) is 0 Å². The Morgan fingerprint density at radius 1 is 0.756 bits per heavy atom. The van der Waals surface area contributed by atoms with Crippen molar-refractivity contribution >= 4 is 56.3 Å². The molecule has 0 spiro atoms. The molecule has 2 unspecified atom stereocenters. The lowest BCUT2D eigenvalue weighted by Gasteiger charge is -2.10. The summed E-state index contributed by atoms with van der Waals surface area (Å²) in [5.74, 6) is -1.80. The molecule has 0 saturated carbocycles. The maximum Gasteiger partial charge on any atom is 0.303 e. The number of nitrogens with zero attached hydrogens (tertiary/aromatic N) is 2. The number of carboxylic acid groups (broad SMARTS) is 2. The number of aliphatic hydroxyl groups excluding tert-OH is 1. The first kappa shape index (κ1) is 31.9. The van der Waals surface area contributed by atoms with Gasteiger partial charge in [0.15, 0.2) is 0 Å². The number of carboxylic acids is 2. The highest BCUT2D eigenvalue weighted by Gasteiger charge is 2.24. The van der Waals surface area contributed by atoms with Crippen molar-refractivity contribution in [3.8, 4) is 0 Å². The van der Waals surface area contributed by atoms with Gasteiger partial charge in [0.05, 0.1) is 35.0 Å². The number of H-pyrrole nitrogens is 2. The van der Waals surface area contributed by atoms with Crippen LogP contribution in [0.25, 0.3) is 44.4 Å². The number of aryl methyl sites for hydroxylation is 3. The van der Waals surface area contributed by atoms with Gasteiger partial charge in [-0.1, -0.05) is 0 Å². The molecule has 8 bridgehead atoms. The third-order valence-corrected chi connectivity index (χ3v) is 8.99. The van der Waals surface area contributed by atoms with Gasteiger partial charge >= 0.3 is 11.9 Å². The number of aliphatic carboxylic acids is 2. The molecule has 0 aliphatic carbocycles. The van der Waals surface area contributed by atoms with E-state index in [1.807, 2.05) is 58.9 Å². The third kappa shape index (κ3) is 6.08. The Kier molecular flexibility index (Phi) is 8.82. The molecule has 3 aromatic rings. The lowest BCUT2D eigenvalue weighted by Crippen LogP contribution is -2.02. The predicted molar refractivity (Wildman–Crippen MR) is 175 cm³/mol. The molecule has 5 rings (SSSR count). The number of hydrogen-bond acceptors (Lipinski definition) is 6. The summed E-state index contributed by atoms with van der Waals surface area (Å²) < 4.78 is 5.76. The number of methoxy groups -OCH3 is 1. The van der Waals surface area contributed by atoms with Crippen molar-refractivity contribution in [1.82, 2.24) is 19.9 Å². The summed E-state index contributed by atoms with van der Waals surface area (Å²) in [5, 5.41) is 29.8. The zero-order valence-corrected chi connectivity index (χ0v) is 26.8. The number of rotatable bonds is 9. The number of aromatic nitrogens is 4. The summed E-state index contributed by atoms with van der Waals surface area (Å²) in [5.41, 5.74) is 12.8. The van der Waals surface area contributed by atoms with Gasteiger partial charge in [-0.25, -0.2) is 9.97 Å². The second kappa shape index (κ2) is 12.5. The van der Waals surface area contributed by atoms with E-state index in [4.69, 9.17) is 14.7 Å². The molecule has 5 N–H and O–H groups in total. The van der Waals surface area contributed by atoms with Crippen molar-refractivity contribution in [1.29, 1.82) is 0 Å². The monoisotopic (exact) mass is 612 g/mol. The number of fused-ring (bicyclic) bond motifs is 8. The van der Waals surface area contributed by atoms with E-state index in [9.17, 15) is 24.9 Å². The Morgan fingerprint density at radius 3 is 1.93 bits per heavy atom. The number of aromatic amines is 2. The SMILES string of the molecule is COC(C)c1c(C)c2cc3nc(cc4[nH]c(cc5nc(cc1[nH]2)C(C)=C5C(C)O)c(C)c4CCC(=O)O)C(CCC(=O)O)=C3C. The largest absolute Gasteiger partial charge is 0.481 e. The Labute approximate surface area is 261 Å². The number of hydrogen-bond donors (Lipinski definition) is 5. The second-order valence-electron chi connectivity index (χ2n) is 11.9. The Balaban J connectivity index is 1.96. The van der Waals surface area contributed by atoms with E-state index < -0.39 is 18.0 Å².